The molecular weight excluding hydrogens is 392 g/mol. The van der Waals surface area contributed by atoms with Gasteiger partial charge in [0, 0.05) is 5.41 Å². The molecule has 0 aromatic rings. The predicted molar refractivity (Wildman–Crippen MR) is 134 cm³/mol. The number of fused-ring (bicyclic) bond motifs is 5. The number of rotatable bonds is 4. The molecule has 2 heteroatoms. The van der Waals surface area contributed by atoms with Gasteiger partial charge in [-0.05, 0) is 118 Å². The van der Waals surface area contributed by atoms with Crippen molar-refractivity contribution in [2.75, 3.05) is 0 Å². The maximum Gasteiger partial charge on any atom is 0.0756 e. The van der Waals surface area contributed by atoms with Gasteiger partial charge in [-0.3, -0.25) is 0 Å². The molecule has 0 aliphatic heterocycles. The van der Waals surface area contributed by atoms with Gasteiger partial charge >= 0.3 is 0 Å². The van der Waals surface area contributed by atoms with Crippen molar-refractivity contribution in [1.82, 2.24) is 0 Å². The van der Waals surface area contributed by atoms with E-state index in [0.29, 0.717) is 22.7 Å². The molecular formula is C30H52O2. The second-order valence-electron chi connectivity index (χ2n) is 14.2. The van der Waals surface area contributed by atoms with E-state index in [2.05, 4.69) is 61.5 Å². The third-order valence-electron chi connectivity index (χ3n) is 12.6. The highest BCUT2D eigenvalue weighted by molar-refractivity contribution is 5.21. The van der Waals surface area contributed by atoms with Gasteiger partial charge < -0.3 is 10.2 Å². The Hall–Kier alpha value is -0.340. The zero-order valence-corrected chi connectivity index (χ0v) is 22.4. The molecule has 0 aromatic heterocycles. The van der Waals surface area contributed by atoms with Gasteiger partial charge in [0.2, 0.25) is 0 Å². The molecule has 4 aliphatic rings. The van der Waals surface area contributed by atoms with Crippen LogP contribution >= 0.6 is 0 Å². The standard InChI is InChI=1S/C30H52O2/c1-20(2)10-9-11-21(3)22-14-16-29(8)23-15-17-30(32)24(12-13-25(31)26(30,4)5)27(23,6)18-19-28(22,29)7/h10,21-25,31-32H,9,11-19H2,1-8H3/t21-,22+,23+,24-,25-,27+,28+,29-,30-/m0/s1. The molecule has 0 radical (unpaired) electrons. The summed E-state index contributed by atoms with van der Waals surface area (Å²) in [6, 6.07) is 0. The van der Waals surface area contributed by atoms with Crippen LogP contribution in [0.1, 0.15) is 120 Å². The van der Waals surface area contributed by atoms with Gasteiger partial charge in [-0.15, -0.1) is 0 Å². The summed E-state index contributed by atoms with van der Waals surface area (Å²) in [6.07, 6.45) is 13.7. The van der Waals surface area contributed by atoms with Crippen molar-refractivity contribution in [3.63, 3.8) is 0 Å². The van der Waals surface area contributed by atoms with Crippen molar-refractivity contribution in [2.45, 2.75) is 131 Å². The lowest BCUT2D eigenvalue weighted by Crippen LogP contribution is -2.69. The lowest BCUT2D eigenvalue weighted by Gasteiger charge is -2.70. The Morgan fingerprint density at radius 2 is 1.56 bits per heavy atom. The van der Waals surface area contributed by atoms with Crippen molar-refractivity contribution < 1.29 is 10.2 Å². The fourth-order valence-electron chi connectivity index (χ4n) is 10.2. The molecule has 4 saturated carbocycles. The summed E-state index contributed by atoms with van der Waals surface area (Å²) in [4.78, 5) is 0. The summed E-state index contributed by atoms with van der Waals surface area (Å²) in [7, 11) is 0. The minimum absolute atomic E-state index is 0.193. The maximum atomic E-state index is 12.1. The fourth-order valence-corrected chi connectivity index (χ4v) is 10.2. The van der Waals surface area contributed by atoms with E-state index in [9.17, 15) is 10.2 Å². The molecule has 0 amide bonds. The Morgan fingerprint density at radius 3 is 2.22 bits per heavy atom. The van der Waals surface area contributed by atoms with E-state index in [1.165, 1.54) is 44.1 Å². The van der Waals surface area contributed by atoms with E-state index in [1.54, 1.807) is 0 Å². The van der Waals surface area contributed by atoms with Crippen molar-refractivity contribution in [1.29, 1.82) is 0 Å². The topological polar surface area (TPSA) is 40.5 Å². The smallest absolute Gasteiger partial charge is 0.0756 e. The molecule has 32 heavy (non-hydrogen) atoms. The van der Waals surface area contributed by atoms with Crippen LogP contribution in [-0.2, 0) is 0 Å². The summed E-state index contributed by atoms with van der Waals surface area (Å²) in [5, 5.41) is 22.9. The molecule has 0 bridgehead atoms. The van der Waals surface area contributed by atoms with Crippen molar-refractivity contribution in [3.05, 3.63) is 11.6 Å². The quantitative estimate of drug-likeness (QED) is 0.440. The van der Waals surface area contributed by atoms with E-state index >= 15 is 0 Å². The summed E-state index contributed by atoms with van der Waals surface area (Å²) >= 11 is 0. The van der Waals surface area contributed by atoms with Gasteiger partial charge in [0.1, 0.15) is 0 Å². The second kappa shape index (κ2) is 7.84. The van der Waals surface area contributed by atoms with Gasteiger partial charge in [0.25, 0.3) is 0 Å². The molecule has 4 aliphatic carbocycles. The number of aliphatic hydroxyl groups excluding tert-OH is 1. The summed E-state index contributed by atoms with van der Waals surface area (Å²) < 4.78 is 0. The highest BCUT2D eigenvalue weighted by Crippen LogP contribution is 2.76. The average molecular weight is 445 g/mol. The molecule has 2 nitrogen and oxygen atoms in total. The minimum Gasteiger partial charge on any atom is -0.392 e. The normalized spacial score (nSPS) is 50.7. The second-order valence-corrected chi connectivity index (χ2v) is 14.2. The van der Waals surface area contributed by atoms with Gasteiger partial charge in [-0.1, -0.05) is 53.2 Å². The van der Waals surface area contributed by atoms with Gasteiger partial charge in [0.05, 0.1) is 11.7 Å². The highest BCUT2D eigenvalue weighted by atomic mass is 16.3. The third-order valence-corrected chi connectivity index (χ3v) is 12.6. The van der Waals surface area contributed by atoms with E-state index in [0.717, 1.165) is 37.5 Å². The first-order valence-electron chi connectivity index (χ1n) is 13.8. The number of aliphatic hydroxyl groups is 2. The Morgan fingerprint density at radius 1 is 0.875 bits per heavy atom. The lowest BCUT2D eigenvalue weighted by atomic mass is 9.36. The summed E-state index contributed by atoms with van der Waals surface area (Å²) in [5.74, 6) is 2.63. The van der Waals surface area contributed by atoms with Crippen LogP contribution in [0, 0.1) is 45.3 Å². The largest absolute Gasteiger partial charge is 0.392 e. The molecule has 2 N–H and O–H groups in total. The van der Waals surface area contributed by atoms with Crippen LogP contribution in [0.4, 0.5) is 0 Å². The number of hydrogen-bond donors (Lipinski definition) is 2. The van der Waals surface area contributed by atoms with Crippen molar-refractivity contribution in [2.24, 2.45) is 45.3 Å². The molecule has 4 fully saturated rings. The molecule has 184 valence electrons. The van der Waals surface area contributed by atoms with Crippen LogP contribution in [0.25, 0.3) is 0 Å². The van der Waals surface area contributed by atoms with E-state index in [1.807, 2.05) is 0 Å². The fraction of sp³-hybridized carbons (Fsp3) is 0.933. The third kappa shape index (κ3) is 3.17. The Bertz CT molecular complexity index is 750. The summed E-state index contributed by atoms with van der Waals surface area (Å²) in [6.45, 7) is 19.0. The first-order chi connectivity index (χ1) is 14.7. The SMILES string of the molecule is CC(C)=CCC[C@H](C)[C@H]1CC[C@@]2(C)[C@@H]3CC[C@]4(O)[C@@H](CC[C@H](O)C4(C)C)[C@]3(C)CC[C@]12C. The minimum atomic E-state index is -0.727. The predicted octanol–water partition coefficient (Wildman–Crippen LogP) is 7.53. The lowest BCUT2D eigenvalue weighted by molar-refractivity contribution is -0.274. The maximum absolute atomic E-state index is 12.1. The molecule has 0 heterocycles. The van der Waals surface area contributed by atoms with Crippen LogP contribution in [0.2, 0.25) is 0 Å². The van der Waals surface area contributed by atoms with Crippen molar-refractivity contribution >= 4 is 0 Å². The zero-order chi connectivity index (χ0) is 23.7. The van der Waals surface area contributed by atoms with Crippen LogP contribution in [0.15, 0.2) is 11.6 Å². The monoisotopic (exact) mass is 444 g/mol. The molecule has 0 aromatic carbocycles. The van der Waals surface area contributed by atoms with Gasteiger partial charge in [-0.25, -0.2) is 0 Å². The highest BCUT2D eigenvalue weighted by Gasteiger charge is 2.71. The molecule has 9 atom stereocenters. The van der Waals surface area contributed by atoms with E-state index in [4.69, 9.17) is 0 Å². The molecule has 0 unspecified atom stereocenters. The van der Waals surface area contributed by atoms with Crippen LogP contribution in [0.5, 0.6) is 0 Å². The first kappa shape index (κ1) is 24.8. The first-order valence-corrected chi connectivity index (χ1v) is 13.8. The van der Waals surface area contributed by atoms with E-state index in [-0.39, 0.29) is 11.5 Å². The number of allylic oxidation sites excluding steroid dienone is 2. The summed E-state index contributed by atoms with van der Waals surface area (Å²) in [5.41, 5.74) is 1.29. The molecule has 0 spiro atoms. The molecule has 0 saturated heterocycles. The van der Waals surface area contributed by atoms with E-state index < -0.39 is 11.0 Å². The number of hydrogen-bond acceptors (Lipinski definition) is 2. The van der Waals surface area contributed by atoms with Crippen LogP contribution in [0.3, 0.4) is 0 Å². The van der Waals surface area contributed by atoms with Gasteiger partial charge in [-0.2, -0.15) is 0 Å². The Labute approximate surface area is 198 Å². The Balaban J connectivity index is 1.62. The molecule has 4 rings (SSSR count). The Kier molecular flexibility index (Phi) is 6.07. The van der Waals surface area contributed by atoms with Gasteiger partial charge in [0.15, 0.2) is 0 Å². The zero-order valence-electron chi connectivity index (χ0n) is 22.4. The van der Waals surface area contributed by atoms with Crippen molar-refractivity contribution in [3.8, 4) is 0 Å². The average Bonchev–Trinajstić information content (AvgIpc) is 2.97. The van der Waals surface area contributed by atoms with Crippen LogP contribution < -0.4 is 0 Å². The van der Waals surface area contributed by atoms with Crippen LogP contribution in [-0.4, -0.2) is 21.9 Å².